The Balaban J connectivity index is 1.77. The third-order valence-electron chi connectivity index (χ3n) is 4.97. The third kappa shape index (κ3) is 4.95. The molecule has 0 bridgehead atoms. The number of rotatable bonds is 7. The summed E-state index contributed by atoms with van der Waals surface area (Å²) in [5.41, 5.74) is 2.17. The Hall–Kier alpha value is -3.29. The molecule has 0 radical (unpaired) electrons. The fourth-order valence-corrected chi connectivity index (χ4v) is 4.66. The molecule has 0 saturated carbocycles. The fraction of sp³-hybridized carbons (Fsp3) is 0.120. The van der Waals surface area contributed by atoms with Crippen LogP contribution in [0.1, 0.15) is 31.7 Å². The van der Waals surface area contributed by atoms with Gasteiger partial charge in [-0.3, -0.25) is 14.5 Å². The molecule has 7 heteroatoms. The molecule has 0 fully saturated rings. The summed E-state index contributed by atoms with van der Waals surface area (Å²) in [6.07, 6.45) is 0. The second-order valence-corrected chi connectivity index (χ2v) is 9.22. The summed E-state index contributed by atoms with van der Waals surface area (Å²) in [5.74, 6) is -1.04. The van der Waals surface area contributed by atoms with Crippen molar-refractivity contribution < 1.29 is 14.0 Å². The first-order chi connectivity index (χ1) is 15.5. The van der Waals surface area contributed by atoms with Gasteiger partial charge < -0.3 is 5.32 Å². The molecular weight excluding hydrogens is 443 g/mol. The molecule has 1 N–H and O–H groups in total. The topological polar surface area (TPSA) is 49.4 Å². The van der Waals surface area contributed by atoms with Crippen LogP contribution in [0.2, 0.25) is 0 Å². The monoisotopic (exact) mass is 464 g/mol. The van der Waals surface area contributed by atoms with Gasteiger partial charge in [-0.05, 0) is 59.6 Å². The van der Waals surface area contributed by atoms with E-state index in [1.54, 1.807) is 23.5 Å². The Morgan fingerprint density at radius 3 is 2.25 bits per heavy atom. The maximum absolute atomic E-state index is 13.6. The summed E-state index contributed by atoms with van der Waals surface area (Å²) in [5, 5.41) is 6.73. The van der Waals surface area contributed by atoms with Gasteiger partial charge in [-0.25, -0.2) is 4.39 Å². The zero-order chi connectivity index (χ0) is 22.5. The first-order valence-corrected chi connectivity index (χ1v) is 11.8. The SMILES string of the molecule is Cc1ccc([C@H](C(=O)NCc2cccs2)N(C(=O)c2cccs2)c2ccc(F)cc2)cc1. The van der Waals surface area contributed by atoms with Crippen molar-refractivity contribution >= 4 is 40.2 Å². The van der Waals surface area contributed by atoms with Crippen molar-refractivity contribution in [2.45, 2.75) is 19.5 Å². The van der Waals surface area contributed by atoms with Gasteiger partial charge >= 0.3 is 0 Å². The minimum atomic E-state index is -0.921. The van der Waals surface area contributed by atoms with Gasteiger partial charge in [0.2, 0.25) is 5.91 Å². The van der Waals surface area contributed by atoms with E-state index in [9.17, 15) is 14.0 Å². The summed E-state index contributed by atoms with van der Waals surface area (Å²) in [6.45, 7) is 2.33. The Morgan fingerprint density at radius 1 is 0.938 bits per heavy atom. The number of nitrogens with zero attached hydrogens (tertiary/aromatic N) is 1. The van der Waals surface area contributed by atoms with Crippen LogP contribution in [0.15, 0.2) is 83.6 Å². The van der Waals surface area contributed by atoms with Crippen molar-refractivity contribution in [1.82, 2.24) is 5.32 Å². The van der Waals surface area contributed by atoms with Crippen LogP contribution in [-0.2, 0) is 11.3 Å². The van der Waals surface area contributed by atoms with Crippen molar-refractivity contribution in [3.63, 3.8) is 0 Å². The van der Waals surface area contributed by atoms with Crippen LogP contribution in [-0.4, -0.2) is 11.8 Å². The van der Waals surface area contributed by atoms with E-state index < -0.39 is 11.9 Å². The highest BCUT2D eigenvalue weighted by atomic mass is 32.1. The van der Waals surface area contributed by atoms with E-state index in [0.29, 0.717) is 22.7 Å². The Kier molecular flexibility index (Phi) is 6.78. The van der Waals surface area contributed by atoms with Crippen molar-refractivity contribution in [2.24, 2.45) is 0 Å². The van der Waals surface area contributed by atoms with Crippen molar-refractivity contribution in [1.29, 1.82) is 0 Å². The lowest BCUT2D eigenvalue weighted by Crippen LogP contribution is -2.43. The van der Waals surface area contributed by atoms with Crippen molar-refractivity contribution in [3.8, 4) is 0 Å². The zero-order valence-electron chi connectivity index (χ0n) is 17.3. The van der Waals surface area contributed by atoms with Crippen LogP contribution in [0.25, 0.3) is 0 Å². The van der Waals surface area contributed by atoms with Crippen LogP contribution in [0.5, 0.6) is 0 Å². The van der Waals surface area contributed by atoms with Crippen LogP contribution in [0.3, 0.4) is 0 Å². The fourth-order valence-electron chi connectivity index (χ4n) is 3.35. The van der Waals surface area contributed by atoms with Gasteiger partial charge in [0.25, 0.3) is 5.91 Å². The molecule has 0 aliphatic carbocycles. The Morgan fingerprint density at radius 2 is 1.62 bits per heavy atom. The van der Waals surface area contributed by atoms with E-state index in [2.05, 4.69) is 5.32 Å². The van der Waals surface area contributed by atoms with E-state index >= 15 is 0 Å². The predicted octanol–water partition coefficient (Wildman–Crippen LogP) is 5.96. The highest BCUT2D eigenvalue weighted by Gasteiger charge is 2.33. The number of carbonyl (C=O) groups is 2. The average molecular weight is 465 g/mol. The van der Waals surface area contributed by atoms with Crippen LogP contribution < -0.4 is 10.2 Å². The quantitative estimate of drug-likeness (QED) is 0.367. The minimum absolute atomic E-state index is 0.309. The van der Waals surface area contributed by atoms with Crippen LogP contribution in [0, 0.1) is 12.7 Å². The maximum Gasteiger partial charge on any atom is 0.269 e. The van der Waals surface area contributed by atoms with Gasteiger partial charge in [0.05, 0.1) is 11.4 Å². The smallest absolute Gasteiger partial charge is 0.269 e. The molecule has 2 aromatic heterocycles. The minimum Gasteiger partial charge on any atom is -0.349 e. The average Bonchev–Trinajstić information content (AvgIpc) is 3.51. The van der Waals surface area contributed by atoms with Crippen molar-refractivity contribution in [3.05, 3.63) is 110 Å². The second kappa shape index (κ2) is 9.89. The lowest BCUT2D eigenvalue weighted by atomic mass is 10.0. The van der Waals surface area contributed by atoms with E-state index in [-0.39, 0.29) is 11.8 Å². The molecule has 162 valence electrons. The summed E-state index contributed by atoms with van der Waals surface area (Å²) < 4.78 is 13.6. The molecule has 32 heavy (non-hydrogen) atoms. The van der Waals surface area contributed by atoms with Gasteiger partial charge in [-0.2, -0.15) is 0 Å². The highest BCUT2D eigenvalue weighted by Crippen LogP contribution is 2.31. The maximum atomic E-state index is 13.6. The molecule has 1 atom stereocenters. The molecule has 4 aromatic rings. The Bertz CT molecular complexity index is 1170. The number of hydrogen-bond acceptors (Lipinski definition) is 4. The molecule has 0 aliphatic heterocycles. The summed E-state index contributed by atoms with van der Waals surface area (Å²) in [7, 11) is 0. The van der Waals surface area contributed by atoms with E-state index in [1.807, 2.05) is 54.1 Å². The molecule has 0 aliphatic rings. The highest BCUT2D eigenvalue weighted by molar-refractivity contribution is 7.12. The molecule has 4 rings (SSSR count). The number of nitrogens with one attached hydrogen (secondary N) is 1. The number of anilines is 1. The predicted molar refractivity (Wildman–Crippen MR) is 128 cm³/mol. The first-order valence-electron chi connectivity index (χ1n) is 10.0. The number of carbonyl (C=O) groups excluding carboxylic acids is 2. The summed E-state index contributed by atoms with van der Waals surface area (Å²) in [4.78, 5) is 30.0. The largest absolute Gasteiger partial charge is 0.349 e. The van der Waals surface area contributed by atoms with Gasteiger partial charge in [0, 0.05) is 10.6 Å². The molecule has 2 aromatic carbocycles. The van der Waals surface area contributed by atoms with E-state index in [0.717, 1.165) is 10.4 Å². The van der Waals surface area contributed by atoms with Crippen molar-refractivity contribution in [2.75, 3.05) is 4.90 Å². The van der Waals surface area contributed by atoms with Gasteiger partial charge in [-0.15, -0.1) is 22.7 Å². The van der Waals surface area contributed by atoms with E-state index in [4.69, 9.17) is 0 Å². The summed E-state index contributed by atoms with van der Waals surface area (Å²) in [6, 6.07) is 19.6. The normalized spacial score (nSPS) is 11.7. The number of aryl methyl sites for hydroxylation is 1. The molecule has 2 amide bonds. The van der Waals surface area contributed by atoms with Gasteiger partial charge in [-0.1, -0.05) is 42.0 Å². The number of thiophene rings is 2. The molecular formula is C25H21FN2O2S2. The lowest BCUT2D eigenvalue weighted by Gasteiger charge is -2.31. The van der Waals surface area contributed by atoms with Crippen LogP contribution in [0.4, 0.5) is 10.1 Å². The molecule has 0 spiro atoms. The van der Waals surface area contributed by atoms with Gasteiger partial charge in [0.1, 0.15) is 11.9 Å². The first kappa shape index (κ1) is 21.9. The lowest BCUT2D eigenvalue weighted by molar-refractivity contribution is -0.122. The molecule has 4 nitrogen and oxygen atoms in total. The standard InChI is InChI=1S/C25H21FN2O2S2/c1-17-6-8-18(9-7-17)23(24(29)27-16-21-4-2-14-31-21)28(20-12-10-19(26)11-13-20)25(30)22-5-3-15-32-22/h2-15,23H,16H2,1H3,(H,27,29)/t23-/m1/s1. The molecule has 0 saturated heterocycles. The third-order valence-corrected chi connectivity index (χ3v) is 6.71. The van der Waals surface area contributed by atoms with Crippen LogP contribution >= 0.6 is 22.7 Å². The van der Waals surface area contributed by atoms with E-state index in [1.165, 1.54) is 40.5 Å². The molecule has 2 heterocycles. The number of benzene rings is 2. The number of amides is 2. The Labute approximate surface area is 194 Å². The number of hydrogen-bond donors (Lipinski definition) is 1. The number of halogens is 1. The second-order valence-electron chi connectivity index (χ2n) is 7.24. The summed E-state index contributed by atoms with van der Waals surface area (Å²) >= 11 is 2.85. The molecule has 0 unspecified atom stereocenters. The van der Waals surface area contributed by atoms with Gasteiger partial charge in [0.15, 0.2) is 0 Å². The zero-order valence-corrected chi connectivity index (χ0v) is 19.0.